The van der Waals surface area contributed by atoms with Gasteiger partial charge in [-0.1, -0.05) is 56.3 Å². The smallest absolute Gasteiger partial charge is 0.168 e. The zero-order valence-electron chi connectivity index (χ0n) is 19.3. The quantitative estimate of drug-likeness (QED) is 0.188. The van der Waals surface area contributed by atoms with E-state index in [1.165, 1.54) is 23.7 Å². The van der Waals surface area contributed by atoms with Crippen molar-refractivity contribution in [1.29, 1.82) is 5.41 Å². The molecular formula is C26H30N6OS. The normalized spacial score (nSPS) is 10.9. The average molecular weight is 475 g/mol. The molecule has 3 rings (SSSR count). The highest BCUT2D eigenvalue weighted by atomic mass is 32.1. The molecule has 0 aliphatic rings. The molecule has 0 saturated heterocycles. The van der Waals surface area contributed by atoms with Crippen molar-refractivity contribution < 1.29 is 5.11 Å². The highest BCUT2D eigenvalue weighted by Gasteiger charge is 2.05. The molecule has 0 saturated carbocycles. The van der Waals surface area contributed by atoms with Gasteiger partial charge in [-0.2, -0.15) is 0 Å². The molecule has 0 radical (unpaired) electrons. The van der Waals surface area contributed by atoms with E-state index in [0.29, 0.717) is 16.6 Å². The second-order valence-electron chi connectivity index (χ2n) is 7.19. The van der Waals surface area contributed by atoms with Crippen LogP contribution >= 0.6 is 12.2 Å². The molecule has 0 heterocycles. The van der Waals surface area contributed by atoms with Gasteiger partial charge in [0.2, 0.25) is 0 Å². The molecule has 34 heavy (non-hydrogen) atoms. The third-order valence-corrected chi connectivity index (χ3v) is 4.98. The van der Waals surface area contributed by atoms with Crippen LogP contribution in [0.4, 0.5) is 11.4 Å². The molecule has 0 amide bonds. The fourth-order valence-electron chi connectivity index (χ4n) is 3.05. The number of thiocarbonyl (C=S) groups is 1. The monoisotopic (exact) mass is 474 g/mol. The topological polar surface area (TPSA) is 133 Å². The van der Waals surface area contributed by atoms with Gasteiger partial charge in [0.1, 0.15) is 17.9 Å². The van der Waals surface area contributed by atoms with Gasteiger partial charge >= 0.3 is 0 Å². The predicted molar refractivity (Wildman–Crippen MR) is 147 cm³/mol. The summed E-state index contributed by atoms with van der Waals surface area (Å²) in [7, 11) is 0. The summed E-state index contributed by atoms with van der Waals surface area (Å²) in [4.78, 5) is 8.16. The van der Waals surface area contributed by atoms with Crippen molar-refractivity contribution in [2.45, 2.75) is 26.7 Å². The molecule has 0 unspecified atom stereocenters. The molecule has 176 valence electrons. The fraction of sp³-hybridized carbons (Fsp3) is 0.154. The maximum absolute atomic E-state index is 9.15. The Kier molecular flexibility index (Phi) is 10.4. The van der Waals surface area contributed by atoms with Crippen LogP contribution in [0.3, 0.4) is 0 Å². The van der Waals surface area contributed by atoms with Gasteiger partial charge in [-0.25, -0.2) is 9.98 Å². The number of hydrogen-bond donors (Lipinski definition) is 5. The Morgan fingerprint density at radius 2 is 1.56 bits per heavy atom. The van der Waals surface area contributed by atoms with Crippen LogP contribution in [0.15, 0.2) is 76.7 Å². The van der Waals surface area contributed by atoms with E-state index in [1.54, 1.807) is 48.5 Å². The van der Waals surface area contributed by atoms with Gasteiger partial charge in [-0.15, -0.1) is 0 Å². The number of para-hydroxylation sites is 1. The number of aliphatic imine (C=N–C) groups is 2. The van der Waals surface area contributed by atoms with E-state index in [9.17, 15) is 0 Å². The molecule has 3 aromatic rings. The van der Waals surface area contributed by atoms with E-state index in [2.05, 4.69) is 47.3 Å². The molecule has 0 atom stereocenters. The summed E-state index contributed by atoms with van der Waals surface area (Å²) in [6.07, 6.45) is 4.60. The Balaban J connectivity index is 0.000000257. The second kappa shape index (κ2) is 13.5. The summed E-state index contributed by atoms with van der Waals surface area (Å²) < 4.78 is 0. The predicted octanol–water partition coefficient (Wildman–Crippen LogP) is 4.92. The number of aryl methyl sites for hydroxylation is 2. The number of amidine groups is 1. The van der Waals surface area contributed by atoms with Crippen LogP contribution in [0.5, 0.6) is 5.75 Å². The van der Waals surface area contributed by atoms with Gasteiger partial charge in [0, 0.05) is 17.5 Å². The Labute approximate surface area is 205 Å². The summed E-state index contributed by atoms with van der Waals surface area (Å²) in [6.45, 7) is 4.25. The first-order valence-corrected chi connectivity index (χ1v) is 11.2. The van der Waals surface area contributed by atoms with Crippen molar-refractivity contribution >= 4 is 47.1 Å². The van der Waals surface area contributed by atoms with E-state index in [0.717, 1.165) is 29.7 Å². The summed E-state index contributed by atoms with van der Waals surface area (Å²) in [5.74, 6) is 0.544. The Morgan fingerprint density at radius 3 is 2.06 bits per heavy atom. The SMILES string of the molecule is CCc1cccc(CC)c1NC(N)=S.N=Cc1ccc(C(N)=NC=Nc2ccc(O)cc2)cc1. The van der Waals surface area contributed by atoms with Crippen LogP contribution in [0.25, 0.3) is 0 Å². The zero-order chi connectivity index (χ0) is 24.9. The minimum absolute atomic E-state index is 0.193. The highest BCUT2D eigenvalue weighted by Crippen LogP contribution is 2.22. The van der Waals surface area contributed by atoms with Crippen LogP contribution in [0.1, 0.15) is 36.1 Å². The number of nitrogens with zero attached hydrogens (tertiary/aromatic N) is 2. The fourth-order valence-corrected chi connectivity index (χ4v) is 3.15. The summed E-state index contributed by atoms with van der Waals surface area (Å²) >= 11 is 4.86. The molecule has 0 fully saturated rings. The van der Waals surface area contributed by atoms with Gasteiger partial charge in [-0.3, -0.25) is 0 Å². The molecule has 3 aromatic carbocycles. The lowest BCUT2D eigenvalue weighted by molar-refractivity contribution is 0.475. The number of hydrogen-bond acceptors (Lipinski definition) is 4. The number of aromatic hydroxyl groups is 1. The maximum Gasteiger partial charge on any atom is 0.168 e. The number of phenols is 1. The second-order valence-corrected chi connectivity index (χ2v) is 7.63. The number of nitrogens with two attached hydrogens (primary N) is 2. The van der Waals surface area contributed by atoms with Crippen molar-refractivity contribution in [3.63, 3.8) is 0 Å². The third-order valence-electron chi connectivity index (χ3n) is 4.87. The Hall–Kier alpha value is -4.04. The molecule has 7 N–H and O–H groups in total. The minimum Gasteiger partial charge on any atom is -0.508 e. The minimum atomic E-state index is 0.193. The van der Waals surface area contributed by atoms with Crippen molar-refractivity contribution in [3.05, 3.63) is 89.0 Å². The third kappa shape index (κ3) is 8.14. The first kappa shape index (κ1) is 26.2. The van der Waals surface area contributed by atoms with Crippen molar-refractivity contribution in [2.75, 3.05) is 5.32 Å². The largest absolute Gasteiger partial charge is 0.508 e. The van der Waals surface area contributed by atoms with Gasteiger partial charge in [0.25, 0.3) is 0 Å². The van der Waals surface area contributed by atoms with Crippen LogP contribution in [-0.2, 0) is 12.8 Å². The lowest BCUT2D eigenvalue weighted by Crippen LogP contribution is -2.20. The molecule has 0 aromatic heterocycles. The van der Waals surface area contributed by atoms with Crippen molar-refractivity contribution in [2.24, 2.45) is 21.5 Å². The number of benzene rings is 3. The first-order chi connectivity index (χ1) is 16.4. The van der Waals surface area contributed by atoms with Crippen LogP contribution < -0.4 is 16.8 Å². The lowest BCUT2D eigenvalue weighted by atomic mass is 10.0. The van der Waals surface area contributed by atoms with E-state index < -0.39 is 0 Å². The van der Waals surface area contributed by atoms with Gasteiger partial charge in [-0.05, 0) is 66.0 Å². The number of anilines is 1. The van der Waals surface area contributed by atoms with E-state index in [4.69, 9.17) is 34.2 Å². The van der Waals surface area contributed by atoms with Crippen LogP contribution in [-0.4, -0.2) is 28.6 Å². The van der Waals surface area contributed by atoms with E-state index >= 15 is 0 Å². The number of nitrogens with one attached hydrogen (secondary N) is 2. The molecule has 0 bridgehead atoms. The molecule has 0 aliphatic carbocycles. The molecule has 0 aliphatic heterocycles. The summed E-state index contributed by atoms with van der Waals surface area (Å²) in [5, 5.41) is 19.7. The average Bonchev–Trinajstić information content (AvgIpc) is 2.85. The summed E-state index contributed by atoms with van der Waals surface area (Å²) in [6, 6.07) is 19.9. The maximum atomic E-state index is 9.15. The highest BCUT2D eigenvalue weighted by molar-refractivity contribution is 7.80. The molecule has 8 heteroatoms. The number of rotatable bonds is 7. The van der Waals surface area contributed by atoms with Crippen molar-refractivity contribution in [1.82, 2.24) is 0 Å². The molecular weight excluding hydrogens is 444 g/mol. The Bertz CT molecular complexity index is 1130. The van der Waals surface area contributed by atoms with Crippen molar-refractivity contribution in [3.8, 4) is 5.75 Å². The number of phenolic OH excluding ortho intramolecular Hbond substituents is 1. The van der Waals surface area contributed by atoms with E-state index in [1.807, 2.05) is 0 Å². The standard InChI is InChI=1S/C15H14N4O.C11H16N2S/c16-9-11-1-3-12(4-2-11)15(17)19-10-18-13-5-7-14(20)8-6-13;1-3-8-6-5-7-9(4-2)10(8)13-11(12)14/h1-10,16,20H,(H2,17,18,19);5-7H,3-4H2,1-2H3,(H3,12,13,14). The van der Waals surface area contributed by atoms with Gasteiger partial charge in [0.05, 0.1) is 5.69 Å². The summed E-state index contributed by atoms with van der Waals surface area (Å²) in [5.41, 5.74) is 17.2. The van der Waals surface area contributed by atoms with Crippen LogP contribution in [0.2, 0.25) is 0 Å². The van der Waals surface area contributed by atoms with E-state index in [-0.39, 0.29) is 5.75 Å². The first-order valence-electron chi connectivity index (χ1n) is 10.8. The Morgan fingerprint density at radius 1 is 0.971 bits per heavy atom. The zero-order valence-corrected chi connectivity index (χ0v) is 20.1. The van der Waals surface area contributed by atoms with Crippen LogP contribution in [0, 0.1) is 5.41 Å². The van der Waals surface area contributed by atoms with Gasteiger partial charge < -0.3 is 27.3 Å². The molecule has 7 nitrogen and oxygen atoms in total. The molecule has 0 spiro atoms. The van der Waals surface area contributed by atoms with Gasteiger partial charge in [0.15, 0.2) is 5.11 Å². The lowest BCUT2D eigenvalue weighted by Gasteiger charge is -2.13.